The second-order valence-corrected chi connectivity index (χ2v) is 4.39. The molecule has 0 bridgehead atoms. The first-order chi connectivity index (χ1) is 9.38. The summed E-state index contributed by atoms with van der Waals surface area (Å²) < 4.78 is 7.00. The molecule has 98 valence electrons. The first kappa shape index (κ1) is 11.9. The molecule has 5 heteroatoms. The molecule has 1 fully saturated rings. The molecule has 0 aliphatic carbocycles. The molecule has 0 spiro atoms. The number of aromatic nitrogens is 2. The molecule has 0 atom stereocenters. The number of ether oxygens (including phenoxy) is 1. The van der Waals surface area contributed by atoms with Crippen LogP contribution in [-0.4, -0.2) is 42.4 Å². The number of benzene rings is 1. The van der Waals surface area contributed by atoms with Crippen LogP contribution in [0.15, 0.2) is 36.4 Å². The van der Waals surface area contributed by atoms with Crippen LogP contribution in [0.2, 0.25) is 0 Å². The first-order valence-electron chi connectivity index (χ1n) is 6.32. The molecule has 1 aromatic carbocycles. The summed E-state index contributed by atoms with van der Waals surface area (Å²) in [4.78, 5) is 13.3. The Morgan fingerprint density at radius 3 is 2.58 bits per heavy atom. The molecule has 5 nitrogen and oxygen atoms in total. The summed E-state index contributed by atoms with van der Waals surface area (Å²) in [6.07, 6.45) is 0.837. The SMILES string of the molecule is O=Cc1cc(N2CCOCC2)nn1-c1ccccc1. The summed E-state index contributed by atoms with van der Waals surface area (Å²) in [6.45, 7) is 3.03. The van der Waals surface area contributed by atoms with Crippen LogP contribution in [0.1, 0.15) is 10.5 Å². The lowest BCUT2D eigenvalue weighted by Gasteiger charge is -2.26. The molecule has 0 N–H and O–H groups in total. The van der Waals surface area contributed by atoms with Crippen molar-refractivity contribution in [2.75, 3.05) is 31.2 Å². The Balaban J connectivity index is 1.96. The van der Waals surface area contributed by atoms with Gasteiger partial charge in [-0.25, -0.2) is 4.68 Å². The lowest BCUT2D eigenvalue weighted by molar-refractivity contribution is 0.111. The average molecular weight is 257 g/mol. The van der Waals surface area contributed by atoms with Crippen molar-refractivity contribution in [1.29, 1.82) is 0 Å². The largest absolute Gasteiger partial charge is 0.378 e. The Labute approximate surface area is 111 Å². The minimum absolute atomic E-state index is 0.563. The second kappa shape index (κ2) is 5.24. The van der Waals surface area contributed by atoms with Crippen molar-refractivity contribution in [1.82, 2.24) is 9.78 Å². The number of anilines is 1. The van der Waals surface area contributed by atoms with Crippen LogP contribution in [0.4, 0.5) is 5.82 Å². The van der Waals surface area contributed by atoms with Crippen molar-refractivity contribution < 1.29 is 9.53 Å². The molecule has 0 unspecified atom stereocenters. The number of hydrogen-bond donors (Lipinski definition) is 0. The highest BCUT2D eigenvalue weighted by molar-refractivity contribution is 5.75. The molecule has 19 heavy (non-hydrogen) atoms. The number of carbonyl (C=O) groups is 1. The van der Waals surface area contributed by atoms with Crippen molar-refractivity contribution in [3.63, 3.8) is 0 Å². The van der Waals surface area contributed by atoms with Gasteiger partial charge in [0.05, 0.1) is 18.9 Å². The number of nitrogens with zero attached hydrogens (tertiary/aromatic N) is 3. The molecule has 1 aliphatic heterocycles. The summed E-state index contributed by atoms with van der Waals surface area (Å²) in [5.41, 5.74) is 1.46. The van der Waals surface area contributed by atoms with E-state index in [4.69, 9.17) is 4.74 Å². The molecule has 2 aromatic rings. The minimum Gasteiger partial charge on any atom is -0.378 e. The van der Waals surface area contributed by atoms with Crippen molar-refractivity contribution in [2.45, 2.75) is 0 Å². The number of carbonyl (C=O) groups excluding carboxylic acids is 1. The van der Waals surface area contributed by atoms with Gasteiger partial charge in [-0.3, -0.25) is 4.79 Å². The molecule has 1 aliphatic rings. The first-order valence-corrected chi connectivity index (χ1v) is 6.32. The summed E-state index contributed by atoms with van der Waals surface area (Å²) in [6, 6.07) is 11.5. The smallest absolute Gasteiger partial charge is 0.168 e. The van der Waals surface area contributed by atoms with E-state index in [-0.39, 0.29) is 0 Å². The van der Waals surface area contributed by atoms with Crippen molar-refractivity contribution in [3.05, 3.63) is 42.1 Å². The zero-order chi connectivity index (χ0) is 13.1. The van der Waals surface area contributed by atoms with Crippen LogP contribution in [0.25, 0.3) is 5.69 Å². The molecule has 1 saturated heterocycles. The van der Waals surface area contributed by atoms with E-state index in [9.17, 15) is 4.79 Å². The predicted octanol–water partition coefficient (Wildman–Crippen LogP) is 1.52. The van der Waals surface area contributed by atoms with Gasteiger partial charge >= 0.3 is 0 Å². The number of morpholine rings is 1. The Kier molecular flexibility index (Phi) is 3.29. The van der Waals surface area contributed by atoms with E-state index in [2.05, 4.69) is 10.00 Å². The molecular weight excluding hydrogens is 242 g/mol. The van der Waals surface area contributed by atoms with Crippen molar-refractivity contribution in [3.8, 4) is 5.69 Å². The van der Waals surface area contributed by atoms with Gasteiger partial charge in [-0.1, -0.05) is 18.2 Å². The van der Waals surface area contributed by atoms with Gasteiger partial charge in [0.25, 0.3) is 0 Å². The normalized spacial score (nSPS) is 15.5. The Morgan fingerprint density at radius 1 is 1.16 bits per heavy atom. The van der Waals surface area contributed by atoms with E-state index in [0.717, 1.165) is 30.9 Å². The van der Waals surface area contributed by atoms with Crippen molar-refractivity contribution >= 4 is 12.1 Å². The van der Waals surface area contributed by atoms with E-state index in [1.54, 1.807) is 4.68 Å². The predicted molar refractivity (Wildman–Crippen MR) is 72.0 cm³/mol. The van der Waals surface area contributed by atoms with Gasteiger partial charge in [-0.05, 0) is 12.1 Å². The van der Waals surface area contributed by atoms with Crippen LogP contribution in [0, 0.1) is 0 Å². The van der Waals surface area contributed by atoms with E-state index in [1.807, 2.05) is 36.4 Å². The Hall–Kier alpha value is -2.14. The van der Waals surface area contributed by atoms with Gasteiger partial charge in [0.1, 0.15) is 5.69 Å². The van der Waals surface area contributed by atoms with Crippen LogP contribution < -0.4 is 4.90 Å². The fourth-order valence-electron chi connectivity index (χ4n) is 2.19. The summed E-state index contributed by atoms with van der Waals surface area (Å²) >= 11 is 0. The monoisotopic (exact) mass is 257 g/mol. The number of rotatable bonds is 3. The van der Waals surface area contributed by atoms with E-state index >= 15 is 0 Å². The van der Waals surface area contributed by atoms with E-state index in [0.29, 0.717) is 18.9 Å². The lowest BCUT2D eigenvalue weighted by atomic mass is 10.3. The third-order valence-electron chi connectivity index (χ3n) is 3.18. The van der Waals surface area contributed by atoms with Crippen LogP contribution in [0.3, 0.4) is 0 Å². The minimum atomic E-state index is 0.563. The summed E-state index contributed by atoms with van der Waals surface area (Å²) in [5, 5.41) is 4.53. The Bertz CT molecular complexity index is 559. The molecule has 1 aromatic heterocycles. The standard InChI is InChI=1S/C14H15N3O2/c18-11-13-10-14(16-6-8-19-9-7-16)15-17(13)12-4-2-1-3-5-12/h1-5,10-11H,6-9H2. The Morgan fingerprint density at radius 2 is 1.89 bits per heavy atom. The van der Waals surface area contributed by atoms with Gasteiger partial charge in [-0.15, -0.1) is 5.10 Å². The maximum atomic E-state index is 11.2. The fraction of sp³-hybridized carbons (Fsp3) is 0.286. The van der Waals surface area contributed by atoms with Crippen LogP contribution in [-0.2, 0) is 4.74 Å². The molecule has 2 heterocycles. The average Bonchev–Trinajstić information content (AvgIpc) is 2.93. The third-order valence-corrected chi connectivity index (χ3v) is 3.18. The zero-order valence-electron chi connectivity index (χ0n) is 10.5. The summed E-state index contributed by atoms with van der Waals surface area (Å²) in [7, 11) is 0. The van der Waals surface area contributed by atoms with E-state index < -0.39 is 0 Å². The van der Waals surface area contributed by atoms with Gasteiger partial charge in [0.2, 0.25) is 0 Å². The van der Waals surface area contributed by atoms with Crippen LogP contribution in [0.5, 0.6) is 0 Å². The molecular formula is C14H15N3O2. The van der Waals surface area contributed by atoms with Gasteiger partial charge in [0, 0.05) is 19.2 Å². The van der Waals surface area contributed by atoms with Gasteiger partial charge < -0.3 is 9.64 Å². The van der Waals surface area contributed by atoms with Crippen LogP contribution >= 0.6 is 0 Å². The number of para-hydroxylation sites is 1. The van der Waals surface area contributed by atoms with Crippen molar-refractivity contribution in [2.24, 2.45) is 0 Å². The van der Waals surface area contributed by atoms with E-state index in [1.165, 1.54) is 0 Å². The lowest BCUT2D eigenvalue weighted by Crippen LogP contribution is -2.36. The maximum Gasteiger partial charge on any atom is 0.168 e. The third kappa shape index (κ3) is 2.37. The fourth-order valence-corrected chi connectivity index (χ4v) is 2.19. The highest BCUT2D eigenvalue weighted by Gasteiger charge is 2.16. The molecule has 0 amide bonds. The number of aldehydes is 1. The van der Waals surface area contributed by atoms with Gasteiger partial charge in [-0.2, -0.15) is 0 Å². The zero-order valence-corrected chi connectivity index (χ0v) is 10.5. The highest BCUT2D eigenvalue weighted by Crippen LogP contribution is 2.18. The highest BCUT2D eigenvalue weighted by atomic mass is 16.5. The second-order valence-electron chi connectivity index (χ2n) is 4.39. The molecule has 0 saturated carbocycles. The quantitative estimate of drug-likeness (QED) is 0.782. The maximum absolute atomic E-state index is 11.2. The van der Waals surface area contributed by atoms with Gasteiger partial charge in [0.15, 0.2) is 12.1 Å². The molecule has 3 rings (SSSR count). The number of hydrogen-bond acceptors (Lipinski definition) is 4. The summed E-state index contributed by atoms with van der Waals surface area (Å²) in [5.74, 6) is 0.828. The topological polar surface area (TPSA) is 47.4 Å². The molecule has 0 radical (unpaired) electrons.